The molecule has 0 atom stereocenters. The standard InChI is InChI=1S/C7H8O.2C3H8/c1-6-2-4-7(8)5-3-6;2*1-3-2/h2-5,8H,1H3;2*3H2,1-2H3/i/hD. The first-order valence-electron chi connectivity index (χ1n) is 5.76. The van der Waals surface area contributed by atoms with Gasteiger partial charge in [0.1, 0.15) is 5.75 Å². The Hall–Kier alpha value is -0.980. The molecule has 1 N–H and O–H groups in total. The van der Waals surface area contributed by atoms with Crippen molar-refractivity contribution in [2.75, 3.05) is 0 Å². The van der Waals surface area contributed by atoms with Crippen LogP contribution in [0.1, 0.15) is 46.1 Å². The summed E-state index contributed by atoms with van der Waals surface area (Å²) >= 11 is 0. The Morgan fingerprint density at radius 1 is 1.00 bits per heavy atom. The largest absolute Gasteiger partial charge is 0.508 e. The molecule has 1 rings (SSSR count). The van der Waals surface area contributed by atoms with Crippen LogP contribution >= 0.6 is 0 Å². The predicted molar refractivity (Wildman–Crippen MR) is 64.8 cm³/mol. The Morgan fingerprint density at radius 2 is 1.36 bits per heavy atom. The molecule has 0 heterocycles. The van der Waals surface area contributed by atoms with Gasteiger partial charge in [-0.2, -0.15) is 0 Å². The van der Waals surface area contributed by atoms with E-state index in [1.807, 2.05) is 19.1 Å². The molecule has 0 saturated carbocycles. The number of hydrogen-bond acceptors (Lipinski definition) is 1. The number of aromatic hydroxyl groups is 1. The fourth-order valence-electron chi connectivity index (χ4n) is 0.538. The van der Waals surface area contributed by atoms with Gasteiger partial charge in [0.05, 0.1) is 0 Å². The van der Waals surface area contributed by atoms with Crippen molar-refractivity contribution >= 4 is 0 Å². The molecule has 1 aromatic rings. The molecule has 0 saturated heterocycles. The highest BCUT2D eigenvalue weighted by molar-refractivity contribution is 5.24. The molecular weight excluding hydrogens is 172 g/mol. The van der Waals surface area contributed by atoms with Crippen molar-refractivity contribution in [2.45, 2.75) is 47.5 Å². The number of benzene rings is 1. The molecule has 1 aromatic carbocycles. The molecule has 1 heteroatoms. The van der Waals surface area contributed by atoms with E-state index in [2.05, 4.69) is 32.8 Å². The SMILES string of the molecule is CCC.CCC.[2H]Oc1ccc(C)cc1. The fraction of sp³-hybridized carbons (Fsp3) is 0.538. The Balaban J connectivity index is 0. The van der Waals surface area contributed by atoms with E-state index in [1.165, 1.54) is 18.4 Å². The third kappa shape index (κ3) is 13.6. The van der Waals surface area contributed by atoms with E-state index in [1.54, 1.807) is 12.1 Å². The van der Waals surface area contributed by atoms with Gasteiger partial charge < -0.3 is 5.11 Å². The van der Waals surface area contributed by atoms with Gasteiger partial charge in [-0.25, -0.2) is 0 Å². The zero-order valence-corrected chi connectivity index (χ0v) is 10.1. The predicted octanol–water partition coefficient (Wildman–Crippen LogP) is 4.53. The van der Waals surface area contributed by atoms with Crippen LogP contribution in [-0.4, -0.2) is 6.54 Å². The third-order valence-corrected chi connectivity index (χ3v) is 1.02. The van der Waals surface area contributed by atoms with Crippen molar-refractivity contribution in [3.63, 3.8) is 0 Å². The van der Waals surface area contributed by atoms with Crippen LogP contribution in [0.4, 0.5) is 0 Å². The summed E-state index contributed by atoms with van der Waals surface area (Å²) in [5.41, 5.74) is 1.18. The lowest BCUT2D eigenvalue weighted by Crippen LogP contribution is -1.66. The Morgan fingerprint density at radius 3 is 1.64 bits per heavy atom. The minimum atomic E-state index is 0.584. The molecular formula is C13H24O. The van der Waals surface area contributed by atoms with Crippen molar-refractivity contribution in [2.24, 2.45) is 0 Å². The smallest absolute Gasteiger partial charge is 0.293 e. The van der Waals surface area contributed by atoms with Crippen LogP contribution in [0.5, 0.6) is 5.75 Å². The Kier molecular flexibility index (Phi) is 11.2. The van der Waals surface area contributed by atoms with Crippen LogP contribution in [0.25, 0.3) is 0 Å². The second kappa shape index (κ2) is 12.0. The molecule has 14 heavy (non-hydrogen) atoms. The average molecular weight is 197 g/mol. The van der Waals surface area contributed by atoms with E-state index in [-0.39, 0.29) is 0 Å². The minimum Gasteiger partial charge on any atom is -0.508 e. The topological polar surface area (TPSA) is 20.2 Å². The van der Waals surface area contributed by atoms with E-state index in [4.69, 9.17) is 1.43 Å². The maximum Gasteiger partial charge on any atom is 0.293 e. The van der Waals surface area contributed by atoms with Gasteiger partial charge in [-0.1, -0.05) is 58.2 Å². The van der Waals surface area contributed by atoms with Crippen LogP contribution in [0.2, 0.25) is 0 Å². The molecule has 0 fully saturated rings. The lowest BCUT2D eigenvalue weighted by atomic mass is 10.2. The van der Waals surface area contributed by atoms with Gasteiger partial charge in [0, 0.05) is 0 Å². The van der Waals surface area contributed by atoms with Gasteiger partial charge in [0.25, 0.3) is 1.43 Å². The van der Waals surface area contributed by atoms with E-state index in [0.717, 1.165) is 0 Å². The summed E-state index contributed by atoms with van der Waals surface area (Å²) in [6, 6.07) is 7.35. The minimum absolute atomic E-state index is 0.584. The summed E-state index contributed by atoms with van der Waals surface area (Å²) in [7, 11) is 0. The average Bonchev–Trinajstić information content (AvgIpc) is 2.21. The van der Waals surface area contributed by atoms with Gasteiger partial charge in [0.2, 0.25) is 0 Å². The monoisotopic (exact) mass is 197 g/mol. The number of hydrogen-bond donors (Lipinski definition) is 1. The Labute approximate surface area is 90.3 Å². The summed E-state index contributed by atoms with van der Waals surface area (Å²) in [5, 5.41) is 4.22. The summed E-state index contributed by atoms with van der Waals surface area (Å²) < 4.78 is 6.51. The fourth-order valence-corrected chi connectivity index (χ4v) is 0.538. The van der Waals surface area contributed by atoms with Crippen molar-refractivity contribution in [1.82, 2.24) is 0 Å². The van der Waals surface area contributed by atoms with Gasteiger partial charge in [0.15, 0.2) is 0 Å². The number of phenolic OH excluding ortho intramolecular Hbond substituents is 1. The molecule has 0 aromatic heterocycles. The summed E-state index contributed by atoms with van der Waals surface area (Å²) in [5.74, 6) is 0.584. The molecule has 0 aliphatic rings. The van der Waals surface area contributed by atoms with Crippen LogP contribution in [0.3, 0.4) is 0 Å². The molecule has 82 valence electrons. The lowest BCUT2D eigenvalue weighted by Gasteiger charge is -1.89. The zero-order valence-electron chi connectivity index (χ0n) is 11.1. The van der Waals surface area contributed by atoms with E-state index in [9.17, 15) is 0 Å². The maximum absolute atomic E-state index is 6.51. The van der Waals surface area contributed by atoms with Gasteiger partial charge in [-0.05, 0) is 19.1 Å². The van der Waals surface area contributed by atoms with Crippen molar-refractivity contribution < 1.29 is 5.11 Å². The number of phenols is 1. The van der Waals surface area contributed by atoms with Crippen molar-refractivity contribution in [3.8, 4) is 5.75 Å². The summed E-state index contributed by atoms with van der Waals surface area (Å²) in [6.45, 7) is 10.5. The third-order valence-electron chi connectivity index (χ3n) is 1.02. The molecule has 0 amide bonds. The van der Waals surface area contributed by atoms with Crippen LogP contribution < -0.4 is 0 Å². The second-order valence-electron chi connectivity index (χ2n) is 3.23. The highest BCUT2D eigenvalue weighted by Crippen LogP contribution is 2.07. The van der Waals surface area contributed by atoms with E-state index in [0.29, 0.717) is 5.75 Å². The van der Waals surface area contributed by atoms with Gasteiger partial charge in [-0.15, -0.1) is 0 Å². The maximum atomic E-state index is 6.51. The lowest BCUT2D eigenvalue weighted by molar-refractivity contribution is 0.475. The highest BCUT2D eigenvalue weighted by atomic mass is 16.3. The summed E-state index contributed by atoms with van der Waals surface area (Å²) in [6.07, 6.45) is 2.50. The first-order chi connectivity index (χ1) is 7.15. The van der Waals surface area contributed by atoms with E-state index < -0.39 is 0 Å². The van der Waals surface area contributed by atoms with Crippen LogP contribution in [0.15, 0.2) is 24.3 Å². The number of aryl methyl sites for hydroxylation is 1. The quantitative estimate of drug-likeness (QED) is 0.701. The number of rotatable bonds is 1. The van der Waals surface area contributed by atoms with Crippen LogP contribution in [-0.2, 0) is 0 Å². The first-order valence-corrected chi connectivity index (χ1v) is 5.35. The van der Waals surface area contributed by atoms with Gasteiger partial charge >= 0.3 is 0 Å². The zero-order chi connectivity index (χ0) is 12.1. The first kappa shape index (κ1) is 13.0. The normalized spacial score (nSPS) is 8.50. The molecule has 0 aliphatic heterocycles. The van der Waals surface area contributed by atoms with E-state index >= 15 is 0 Å². The molecule has 1 nitrogen and oxygen atoms in total. The molecule has 0 radical (unpaired) electrons. The molecule has 0 spiro atoms. The van der Waals surface area contributed by atoms with Crippen molar-refractivity contribution in [3.05, 3.63) is 29.8 Å². The van der Waals surface area contributed by atoms with Crippen molar-refractivity contribution in [1.29, 1.82) is 1.43 Å². The second-order valence-corrected chi connectivity index (χ2v) is 3.23. The molecule has 0 bridgehead atoms. The van der Waals surface area contributed by atoms with Crippen LogP contribution in [0, 0.1) is 6.92 Å². The Bertz CT molecular complexity index is 204. The van der Waals surface area contributed by atoms with Gasteiger partial charge in [-0.3, -0.25) is 0 Å². The molecule has 0 unspecified atom stereocenters. The summed E-state index contributed by atoms with van der Waals surface area (Å²) in [4.78, 5) is 0. The highest BCUT2D eigenvalue weighted by Gasteiger charge is 1.82. The molecule has 0 aliphatic carbocycles.